The smallest absolute Gasteiger partial charge is 0.263 e. The summed E-state index contributed by atoms with van der Waals surface area (Å²) in [6.07, 6.45) is 2.23. The van der Waals surface area contributed by atoms with Gasteiger partial charge in [-0.25, -0.2) is 4.98 Å². The van der Waals surface area contributed by atoms with Crippen LogP contribution in [-0.2, 0) is 5.41 Å². The van der Waals surface area contributed by atoms with Gasteiger partial charge in [-0.2, -0.15) is 0 Å². The second-order valence-corrected chi connectivity index (χ2v) is 7.88. The van der Waals surface area contributed by atoms with Gasteiger partial charge >= 0.3 is 0 Å². The Morgan fingerprint density at radius 2 is 2.10 bits per heavy atom. The molecule has 1 amide bonds. The van der Waals surface area contributed by atoms with Crippen LogP contribution in [0.25, 0.3) is 0 Å². The summed E-state index contributed by atoms with van der Waals surface area (Å²) in [4.78, 5) is 17.5. The third-order valence-electron chi connectivity index (χ3n) is 3.97. The first kappa shape index (κ1) is 15.4. The molecule has 1 fully saturated rings. The van der Waals surface area contributed by atoms with Crippen LogP contribution in [0.1, 0.15) is 55.9 Å². The lowest BCUT2D eigenvalue weighted by Gasteiger charge is -2.34. The lowest BCUT2D eigenvalue weighted by Crippen LogP contribution is -2.43. The molecule has 1 aliphatic rings. The average Bonchev–Trinajstić information content (AvgIpc) is 2.86. The molecule has 0 saturated carbocycles. The summed E-state index contributed by atoms with van der Waals surface area (Å²) in [7, 11) is 0. The molecule has 0 aromatic carbocycles. The summed E-state index contributed by atoms with van der Waals surface area (Å²) in [5, 5.41) is 6.47. The Bertz CT molecular complexity index is 470. The van der Waals surface area contributed by atoms with Crippen molar-refractivity contribution in [2.45, 2.75) is 46.0 Å². The van der Waals surface area contributed by atoms with Crippen molar-refractivity contribution in [1.29, 1.82) is 0 Å². The number of amides is 1. The molecular weight excluding hydrogens is 270 g/mol. The van der Waals surface area contributed by atoms with Crippen LogP contribution >= 0.6 is 11.3 Å². The highest BCUT2D eigenvalue weighted by Gasteiger charge is 2.29. The van der Waals surface area contributed by atoms with Gasteiger partial charge in [0.05, 0.1) is 11.2 Å². The summed E-state index contributed by atoms with van der Waals surface area (Å²) in [6, 6.07) is 0. The van der Waals surface area contributed by atoms with Crippen molar-refractivity contribution in [3.05, 3.63) is 16.1 Å². The maximum absolute atomic E-state index is 12.4. The molecule has 0 atom stereocenters. The number of carbonyl (C=O) groups excluding carboxylic acids is 1. The molecule has 20 heavy (non-hydrogen) atoms. The minimum absolute atomic E-state index is 0.0252. The zero-order chi connectivity index (χ0) is 14.8. The molecule has 0 aliphatic carbocycles. The molecule has 5 heteroatoms. The van der Waals surface area contributed by atoms with Gasteiger partial charge in [0, 0.05) is 12.0 Å². The molecule has 1 aliphatic heterocycles. The number of aromatic nitrogens is 1. The number of hydrogen-bond donors (Lipinski definition) is 2. The Labute approximate surface area is 125 Å². The van der Waals surface area contributed by atoms with Gasteiger partial charge in [-0.1, -0.05) is 27.7 Å². The molecule has 4 nitrogen and oxygen atoms in total. The molecular formula is C15H25N3OS. The van der Waals surface area contributed by atoms with Gasteiger partial charge in [-0.15, -0.1) is 11.3 Å². The molecule has 0 unspecified atom stereocenters. The first-order valence-electron chi connectivity index (χ1n) is 7.25. The number of thiazole rings is 1. The number of hydrogen-bond acceptors (Lipinski definition) is 4. The number of nitrogens with zero attached hydrogens (tertiary/aromatic N) is 1. The predicted molar refractivity (Wildman–Crippen MR) is 83.4 cm³/mol. The molecule has 2 heterocycles. The topological polar surface area (TPSA) is 54.0 Å². The molecule has 1 saturated heterocycles. The fourth-order valence-corrected chi connectivity index (χ4v) is 3.44. The van der Waals surface area contributed by atoms with Gasteiger partial charge in [0.2, 0.25) is 0 Å². The monoisotopic (exact) mass is 295 g/mol. The first-order chi connectivity index (χ1) is 9.32. The van der Waals surface area contributed by atoms with E-state index < -0.39 is 0 Å². The van der Waals surface area contributed by atoms with Crippen molar-refractivity contribution in [3.63, 3.8) is 0 Å². The van der Waals surface area contributed by atoms with E-state index in [1.54, 1.807) is 5.51 Å². The molecule has 1 aromatic heterocycles. The fraction of sp³-hybridized carbons (Fsp3) is 0.733. The maximum atomic E-state index is 12.4. The summed E-state index contributed by atoms with van der Waals surface area (Å²) in [6.45, 7) is 11.4. The second kappa shape index (κ2) is 5.82. The van der Waals surface area contributed by atoms with E-state index in [1.165, 1.54) is 11.3 Å². The molecule has 2 rings (SSSR count). The average molecular weight is 295 g/mol. The Hall–Kier alpha value is -0.940. The third kappa shape index (κ3) is 3.58. The zero-order valence-corrected chi connectivity index (χ0v) is 13.7. The minimum atomic E-state index is -0.0919. The van der Waals surface area contributed by atoms with Gasteiger partial charge in [-0.05, 0) is 31.3 Å². The summed E-state index contributed by atoms with van der Waals surface area (Å²) >= 11 is 1.43. The fourth-order valence-electron chi connectivity index (χ4n) is 2.52. The number of carbonyl (C=O) groups is 1. The highest BCUT2D eigenvalue weighted by molar-refractivity contribution is 7.11. The zero-order valence-electron chi connectivity index (χ0n) is 12.9. The minimum Gasteiger partial charge on any atom is -0.351 e. The normalized spacial score (nSPS) is 18.8. The van der Waals surface area contributed by atoms with Gasteiger partial charge in [-0.3, -0.25) is 4.79 Å². The predicted octanol–water partition coefficient (Wildman–Crippen LogP) is 2.56. The van der Waals surface area contributed by atoms with Crippen LogP contribution in [0, 0.1) is 5.41 Å². The van der Waals surface area contributed by atoms with Crippen molar-refractivity contribution < 1.29 is 4.79 Å². The third-order valence-corrected chi connectivity index (χ3v) is 4.80. The van der Waals surface area contributed by atoms with E-state index in [0.29, 0.717) is 0 Å². The Morgan fingerprint density at radius 1 is 1.45 bits per heavy atom. The quantitative estimate of drug-likeness (QED) is 0.901. The van der Waals surface area contributed by atoms with Crippen LogP contribution in [0.5, 0.6) is 0 Å². The van der Waals surface area contributed by atoms with Crippen LogP contribution in [-0.4, -0.2) is 30.5 Å². The SMILES string of the molecule is CC1(CNC(=O)c2scnc2C(C)(C)C)CCNCC1. The summed E-state index contributed by atoms with van der Waals surface area (Å²) in [5.41, 5.74) is 2.79. The van der Waals surface area contributed by atoms with E-state index >= 15 is 0 Å². The lowest BCUT2D eigenvalue weighted by molar-refractivity contribution is 0.0924. The number of piperidine rings is 1. The Morgan fingerprint density at radius 3 is 2.70 bits per heavy atom. The standard InChI is InChI=1S/C15H25N3OS/c1-14(2,3)12-11(20-10-18-12)13(19)17-9-15(4)5-7-16-8-6-15/h10,16H,5-9H2,1-4H3,(H,17,19). The second-order valence-electron chi connectivity index (χ2n) is 7.02. The molecule has 0 spiro atoms. The first-order valence-corrected chi connectivity index (χ1v) is 8.13. The Balaban J connectivity index is 2.00. The van der Waals surface area contributed by atoms with Crippen molar-refractivity contribution in [2.24, 2.45) is 5.41 Å². The van der Waals surface area contributed by atoms with Crippen molar-refractivity contribution >= 4 is 17.2 Å². The van der Waals surface area contributed by atoms with Gasteiger partial charge in [0.25, 0.3) is 5.91 Å². The molecule has 0 radical (unpaired) electrons. The van der Waals surface area contributed by atoms with E-state index in [9.17, 15) is 4.79 Å². The Kier molecular flexibility index (Phi) is 4.49. The van der Waals surface area contributed by atoms with Gasteiger partial charge < -0.3 is 10.6 Å². The lowest BCUT2D eigenvalue weighted by atomic mass is 9.81. The van der Waals surface area contributed by atoms with Gasteiger partial charge in [0.1, 0.15) is 4.88 Å². The molecule has 1 aromatic rings. The van der Waals surface area contributed by atoms with Gasteiger partial charge in [0.15, 0.2) is 0 Å². The van der Waals surface area contributed by atoms with Crippen molar-refractivity contribution in [3.8, 4) is 0 Å². The number of rotatable bonds is 3. The highest BCUT2D eigenvalue weighted by atomic mass is 32.1. The highest BCUT2D eigenvalue weighted by Crippen LogP contribution is 2.29. The van der Waals surface area contributed by atoms with Crippen LogP contribution in [0.4, 0.5) is 0 Å². The summed E-state index contributed by atoms with van der Waals surface area (Å²) in [5.74, 6) is 0.0252. The molecule has 2 N–H and O–H groups in total. The van der Waals surface area contributed by atoms with Crippen LogP contribution in [0.3, 0.4) is 0 Å². The van der Waals surface area contributed by atoms with E-state index in [4.69, 9.17) is 0 Å². The molecule has 112 valence electrons. The van der Waals surface area contributed by atoms with Crippen LogP contribution in [0.15, 0.2) is 5.51 Å². The van der Waals surface area contributed by atoms with E-state index in [1.807, 2.05) is 0 Å². The van der Waals surface area contributed by atoms with Crippen molar-refractivity contribution in [2.75, 3.05) is 19.6 Å². The largest absolute Gasteiger partial charge is 0.351 e. The summed E-state index contributed by atoms with van der Waals surface area (Å²) < 4.78 is 0. The van der Waals surface area contributed by atoms with Crippen molar-refractivity contribution in [1.82, 2.24) is 15.6 Å². The number of nitrogens with one attached hydrogen (secondary N) is 2. The molecule has 0 bridgehead atoms. The maximum Gasteiger partial charge on any atom is 0.263 e. The van der Waals surface area contributed by atoms with E-state index in [-0.39, 0.29) is 16.7 Å². The van der Waals surface area contributed by atoms with E-state index in [0.717, 1.165) is 43.0 Å². The van der Waals surface area contributed by atoms with Crippen LogP contribution < -0.4 is 10.6 Å². The van der Waals surface area contributed by atoms with Crippen LogP contribution in [0.2, 0.25) is 0 Å². The van der Waals surface area contributed by atoms with E-state index in [2.05, 4.69) is 43.3 Å².